The lowest BCUT2D eigenvalue weighted by Gasteiger charge is -1.99. The zero-order chi connectivity index (χ0) is 8.43. The van der Waals surface area contributed by atoms with Crippen LogP contribution in [-0.2, 0) is 0 Å². The Bertz CT molecular complexity index is 297. The van der Waals surface area contributed by atoms with Crippen molar-refractivity contribution < 1.29 is 0 Å². The van der Waals surface area contributed by atoms with Crippen LogP contribution in [0.4, 0.5) is 5.82 Å². The molecule has 0 spiro atoms. The maximum absolute atomic E-state index is 7.04. The van der Waals surface area contributed by atoms with Crippen LogP contribution in [0.25, 0.3) is 0 Å². The van der Waals surface area contributed by atoms with E-state index in [-0.39, 0.29) is 16.8 Å². The number of halogens is 1. The summed E-state index contributed by atoms with van der Waals surface area (Å²) in [5, 5.41) is 14.1. The molecule has 6 heteroatoms. The molecule has 58 valence electrons. The number of aromatic nitrogens is 2. The lowest BCUT2D eigenvalue weighted by molar-refractivity contribution is 1.04. The van der Waals surface area contributed by atoms with Gasteiger partial charge in [-0.2, -0.15) is 0 Å². The number of nitrogens with zero attached hydrogens (tertiary/aromatic N) is 2. The summed E-state index contributed by atoms with van der Waals surface area (Å²) in [7, 11) is 0. The molecule has 0 radical (unpaired) electrons. The minimum atomic E-state index is -0.167. The molecule has 0 amide bonds. The molecule has 0 unspecified atom stereocenters. The van der Waals surface area contributed by atoms with Gasteiger partial charge in [0.15, 0.2) is 11.0 Å². The monoisotopic (exact) mass is 171 g/mol. The topological polar surface area (TPSA) is 102 Å². The van der Waals surface area contributed by atoms with Crippen molar-refractivity contribution in [2.24, 2.45) is 5.73 Å². The molecule has 0 atom stereocenters. The van der Waals surface area contributed by atoms with Gasteiger partial charge in [0.05, 0.1) is 5.56 Å². The number of hydrogen-bond acceptors (Lipinski definition) is 4. The standard InChI is InChI=1S/C5H6ClN5/c6-3-1-2(4(7)8)5(9)11-10-3/h1H,(H3,7,8)(H2,9,11). The Labute approximate surface area is 67.9 Å². The highest BCUT2D eigenvalue weighted by Crippen LogP contribution is 2.10. The van der Waals surface area contributed by atoms with Crippen LogP contribution < -0.4 is 11.5 Å². The highest BCUT2D eigenvalue weighted by molar-refractivity contribution is 6.29. The molecule has 0 fully saturated rings. The summed E-state index contributed by atoms with van der Waals surface area (Å²) >= 11 is 5.48. The van der Waals surface area contributed by atoms with Gasteiger partial charge in [0.1, 0.15) is 5.84 Å². The Morgan fingerprint density at radius 3 is 2.64 bits per heavy atom. The molecule has 1 aromatic heterocycles. The smallest absolute Gasteiger partial charge is 0.157 e. The second kappa shape index (κ2) is 2.71. The van der Waals surface area contributed by atoms with E-state index in [0.717, 1.165) is 0 Å². The van der Waals surface area contributed by atoms with Gasteiger partial charge in [0.25, 0.3) is 0 Å². The van der Waals surface area contributed by atoms with E-state index < -0.39 is 0 Å². The zero-order valence-corrected chi connectivity index (χ0v) is 6.26. The van der Waals surface area contributed by atoms with Crippen LogP contribution in [0.2, 0.25) is 5.15 Å². The second-order valence-corrected chi connectivity index (χ2v) is 2.27. The zero-order valence-electron chi connectivity index (χ0n) is 5.50. The molecule has 0 bridgehead atoms. The summed E-state index contributed by atoms with van der Waals surface area (Å²) in [5.41, 5.74) is 10.8. The Morgan fingerprint density at radius 2 is 2.18 bits per heavy atom. The van der Waals surface area contributed by atoms with Crippen LogP contribution in [0.3, 0.4) is 0 Å². The van der Waals surface area contributed by atoms with Crippen molar-refractivity contribution in [3.05, 3.63) is 16.8 Å². The van der Waals surface area contributed by atoms with E-state index >= 15 is 0 Å². The van der Waals surface area contributed by atoms with Crippen LogP contribution in [0.5, 0.6) is 0 Å². The highest BCUT2D eigenvalue weighted by atomic mass is 35.5. The molecule has 11 heavy (non-hydrogen) atoms. The number of nitrogens with one attached hydrogen (secondary N) is 1. The first-order chi connectivity index (χ1) is 5.11. The van der Waals surface area contributed by atoms with Crippen molar-refractivity contribution in [1.29, 1.82) is 5.41 Å². The molecular weight excluding hydrogens is 166 g/mol. The summed E-state index contributed by atoms with van der Waals surface area (Å²) in [6, 6.07) is 1.40. The average molecular weight is 172 g/mol. The van der Waals surface area contributed by atoms with E-state index in [4.69, 9.17) is 28.5 Å². The number of nitrogens with two attached hydrogens (primary N) is 2. The number of hydrogen-bond donors (Lipinski definition) is 3. The number of nitrogen functional groups attached to an aromatic ring is 2. The maximum atomic E-state index is 7.04. The Morgan fingerprint density at radius 1 is 1.55 bits per heavy atom. The van der Waals surface area contributed by atoms with E-state index in [2.05, 4.69) is 10.2 Å². The van der Waals surface area contributed by atoms with E-state index in [1.165, 1.54) is 6.07 Å². The normalized spacial score (nSPS) is 9.55. The number of amidine groups is 1. The molecule has 1 aromatic rings. The summed E-state index contributed by atoms with van der Waals surface area (Å²) < 4.78 is 0. The molecule has 5 nitrogen and oxygen atoms in total. The van der Waals surface area contributed by atoms with Gasteiger partial charge >= 0.3 is 0 Å². The fourth-order valence-corrected chi connectivity index (χ4v) is 0.740. The lowest BCUT2D eigenvalue weighted by atomic mass is 10.3. The van der Waals surface area contributed by atoms with E-state index in [1.54, 1.807) is 0 Å². The quantitative estimate of drug-likeness (QED) is 0.409. The fourth-order valence-electron chi connectivity index (χ4n) is 0.593. The molecule has 1 rings (SSSR count). The van der Waals surface area contributed by atoms with Crippen molar-refractivity contribution in [3.63, 3.8) is 0 Å². The molecule has 0 aliphatic carbocycles. The maximum Gasteiger partial charge on any atom is 0.157 e. The van der Waals surface area contributed by atoms with Crippen LogP contribution >= 0.6 is 11.6 Å². The van der Waals surface area contributed by atoms with Gasteiger partial charge < -0.3 is 11.5 Å². The predicted octanol–water partition coefficient (Wildman–Crippen LogP) is -0.00373. The van der Waals surface area contributed by atoms with E-state index in [0.29, 0.717) is 5.56 Å². The second-order valence-electron chi connectivity index (χ2n) is 1.88. The first-order valence-electron chi connectivity index (χ1n) is 2.74. The summed E-state index contributed by atoms with van der Waals surface area (Å²) in [5.74, 6) is -0.0544. The Balaban J connectivity index is 3.23. The molecule has 0 saturated carbocycles. The van der Waals surface area contributed by atoms with Gasteiger partial charge in [0.2, 0.25) is 0 Å². The average Bonchev–Trinajstić information content (AvgIpc) is 1.94. The van der Waals surface area contributed by atoms with Crippen molar-refractivity contribution in [1.82, 2.24) is 10.2 Å². The minimum absolute atomic E-state index is 0.113. The highest BCUT2D eigenvalue weighted by Gasteiger charge is 2.04. The molecule has 5 N–H and O–H groups in total. The van der Waals surface area contributed by atoms with Crippen LogP contribution in [-0.4, -0.2) is 16.0 Å². The van der Waals surface area contributed by atoms with Crippen LogP contribution in [0.15, 0.2) is 6.07 Å². The summed E-state index contributed by atoms with van der Waals surface area (Å²) in [6.07, 6.45) is 0. The third kappa shape index (κ3) is 1.56. The minimum Gasteiger partial charge on any atom is -0.384 e. The van der Waals surface area contributed by atoms with Gasteiger partial charge in [-0.3, -0.25) is 5.41 Å². The fraction of sp³-hybridized carbons (Fsp3) is 0. The largest absolute Gasteiger partial charge is 0.384 e. The van der Waals surface area contributed by atoms with Crippen LogP contribution in [0, 0.1) is 5.41 Å². The summed E-state index contributed by atoms with van der Waals surface area (Å²) in [6.45, 7) is 0. The third-order valence-corrected chi connectivity index (χ3v) is 1.27. The molecule has 0 saturated heterocycles. The third-order valence-electron chi connectivity index (χ3n) is 1.08. The van der Waals surface area contributed by atoms with Gasteiger partial charge in [-0.25, -0.2) is 0 Å². The molecular formula is C5H6ClN5. The lowest BCUT2D eigenvalue weighted by Crippen LogP contribution is -2.15. The van der Waals surface area contributed by atoms with Gasteiger partial charge in [-0.05, 0) is 6.07 Å². The van der Waals surface area contributed by atoms with Crippen molar-refractivity contribution in [2.45, 2.75) is 0 Å². The molecule has 0 aromatic carbocycles. The number of rotatable bonds is 1. The van der Waals surface area contributed by atoms with Crippen molar-refractivity contribution in [2.75, 3.05) is 5.73 Å². The number of anilines is 1. The van der Waals surface area contributed by atoms with Crippen molar-refractivity contribution >= 4 is 23.3 Å². The molecule has 0 aliphatic rings. The summed E-state index contributed by atoms with van der Waals surface area (Å²) in [4.78, 5) is 0. The van der Waals surface area contributed by atoms with Gasteiger partial charge in [-0.1, -0.05) is 11.6 Å². The Hall–Kier alpha value is -1.36. The first-order valence-corrected chi connectivity index (χ1v) is 3.12. The van der Waals surface area contributed by atoms with Gasteiger partial charge in [0, 0.05) is 0 Å². The van der Waals surface area contributed by atoms with Crippen LogP contribution in [0.1, 0.15) is 5.56 Å². The molecule has 1 heterocycles. The van der Waals surface area contributed by atoms with E-state index in [1.807, 2.05) is 0 Å². The SMILES string of the molecule is N=C(N)c1cc(Cl)nnc1N. The Kier molecular flexibility index (Phi) is 1.91. The van der Waals surface area contributed by atoms with Gasteiger partial charge in [-0.15, -0.1) is 10.2 Å². The molecule has 0 aliphatic heterocycles. The van der Waals surface area contributed by atoms with E-state index in [9.17, 15) is 0 Å². The first kappa shape index (κ1) is 7.74. The van der Waals surface area contributed by atoms with Crippen molar-refractivity contribution in [3.8, 4) is 0 Å². The predicted molar refractivity (Wildman–Crippen MR) is 42.5 cm³/mol.